The van der Waals surface area contributed by atoms with Crippen molar-refractivity contribution < 1.29 is 14.5 Å². The molecule has 0 bridgehead atoms. The Morgan fingerprint density at radius 2 is 1.75 bits per heavy atom. The summed E-state index contributed by atoms with van der Waals surface area (Å²) >= 11 is 0. The second-order valence-electron chi connectivity index (χ2n) is 6.22. The van der Waals surface area contributed by atoms with Crippen LogP contribution in [0.15, 0.2) is 61.2 Å². The molecular formula is C21H23N3O4. The van der Waals surface area contributed by atoms with Gasteiger partial charge in [0.25, 0.3) is 11.6 Å². The van der Waals surface area contributed by atoms with Gasteiger partial charge in [-0.2, -0.15) is 0 Å². The highest BCUT2D eigenvalue weighted by molar-refractivity contribution is 5.96. The Kier molecular flexibility index (Phi) is 7.90. The van der Waals surface area contributed by atoms with Gasteiger partial charge in [0.15, 0.2) is 0 Å². The highest BCUT2D eigenvalue weighted by Gasteiger charge is 2.10. The topological polar surface area (TPSA) is 101 Å². The third-order valence-electron chi connectivity index (χ3n) is 4.23. The molecule has 0 aliphatic carbocycles. The number of amides is 2. The molecule has 7 nitrogen and oxygen atoms in total. The minimum atomic E-state index is -0.417. The van der Waals surface area contributed by atoms with Crippen molar-refractivity contribution in [2.75, 3.05) is 6.54 Å². The first kappa shape index (κ1) is 20.8. The van der Waals surface area contributed by atoms with Gasteiger partial charge >= 0.3 is 0 Å². The predicted octanol–water partition coefficient (Wildman–Crippen LogP) is 3.15. The van der Waals surface area contributed by atoms with Gasteiger partial charge < -0.3 is 10.6 Å². The second-order valence-corrected chi connectivity index (χ2v) is 6.22. The third-order valence-corrected chi connectivity index (χ3v) is 4.23. The van der Waals surface area contributed by atoms with Crippen molar-refractivity contribution in [1.82, 2.24) is 10.6 Å². The first-order chi connectivity index (χ1) is 13.5. The average Bonchev–Trinajstić information content (AvgIpc) is 2.72. The maximum Gasteiger partial charge on any atom is 0.269 e. The van der Waals surface area contributed by atoms with Crippen LogP contribution in [0.2, 0.25) is 0 Å². The van der Waals surface area contributed by atoms with Gasteiger partial charge in [-0.1, -0.05) is 36.9 Å². The van der Waals surface area contributed by atoms with Gasteiger partial charge in [-0.25, -0.2) is 0 Å². The molecule has 0 atom stereocenters. The summed E-state index contributed by atoms with van der Waals surface area (Å²) < 4.78 is 0. The van der Waals surface area contributed by atoms with Crippen LogP contribution in [0.4, 0.5) is 5.69 Å². The van der Waals surface area contributed by atoms with E-state index in [1.807, 2.05) is 6.07 Å². The van der Waals surface area contributed by atoms with Gasteiger partial charge in [-0.15, -0.1) is 0 Å². The first-order valence-electron chi connectivity index (χ1n) is 9.01. The summed E-state index contributed by atoms with van der Waals surface area (Å²) in [7, 11) is 0. The lowest BCUT2D eigenvalue weighted by Gasteiger charge is -2.10. The molecule has 7 heteroatoms. The number of nitrogens with zero attached hydrogens (tertiary/aromatic N) is 1. The molecule has 0 unspecified atom stereocenters. The van der Waals surface area contributed by atoms with Crippen LogP contribution >= 0.6 is 0 Å². The monoisotopic (exact) mass is 381 g/mol. The van der Waals surface area contributed by atoms with Crippen LogP contribution in [0, 0.1) is 10.1 Å². The fourth-order valence-electron chi connectivity index (χ4n) is 2.69. The summed E-state index contributed by atoms with van der Waals surface area (Å²) in [6, 6.07) is 13.6. The summed E-state index contributed by atoms with van der Waals surface area (Å²) in [6.45, 7) is 4.19. The SMILES string of the molecule is C=CC(=O)NCc1ccccc1C(=O)NCCCCc1ccc([N+](=O)[O-])cc1. The first-order valence-corrected chi connectivity index (χ1v) is 9.01. The molecule has 2 aromatic carbocycles. The predicted molar refractivity (Wildman–Crippen MR) is 107 cm³/mol. The lowest BCUT2D eigenvalue weighted by atomic mass is 10.1. The van der Waals surface area contributed by atoms with Crippen LogP contribution in [0.3, 0.4) is 0 Å². The second kappa shape index (κ2) is 10.6. The molecule has 0 spiro atoms. The van der Waals surface area contributed by atoms with Crippen molar-refractivity contribution in [2.45, 2.75) is 25.8 Å². The maximum absolute atomic E-state index is 12.4. The molecule has 0 saturated carbocycles. The summed E-state index contributed by atoms with van der Waals surface area (Å²) in [5.74, 6) is -0.472. The molecule has 146 valence electrons. The van der Waals surface area contributed by atoms with E-state index in [4.69, 9.17) is 0 Å². The molecular weight excluding hydrogens is 358 g/mol. The van der Waals surface area contributed by atoms with Crippen LogP contribution in [0.25, 0.3) is 0 Å². The molecule has 0 heterocycles. The molecule has 2 aromatic rings. The number of unbranched alkanes of at least 4 members (excludes halogenated alkanes) is 1. The summed E-state index contributed by atoms with van der Waals surface area (Å²) in [5.41, 5.74) is 2.38. The Hall–Kier alpha value is -3.48. The third kappa shape index (κ3) is 6.35. The molecule has 2 N–H and O–H groups in total. The van der Waals surface area contributed by atoms with Gasteiger partial charge in [-0.05, 0) is 42.5 Å². The number of hydrogen-bond acceptors (Lipinski definition) is 4. The Balaban J connectivity index is 1.77. The van der Waals surface area contributed by atoms with Crippen LogP contribution in [0.5, 0.6) is 0 Å². The van der Waals surface area contributed by atoms with Gasteiger partial charge in [0.05, 0.1) is 4.92 Å². The molecule has 0 fully saturated rings. The van der Waals surface area contributed by atoms with Crippen LogP contribution in [-0.2, 0) is 17.8 Å². The number of aryl methyl sites for hydroxylation is 1. The number of carbonyl (C=O) groups is 2. The van der Waals surface area contributed by atoms with E-state index in [1.165, 1.54) is 18.2 Å². The summed E-state index contributed by atoms with van der Waals surface area (Å²) in [5, 5.41) is 16.2. The fourth-order valence-corrected chi connectivity index (χ4v) is 2.69. The van der Waals surface area contributed by atoms with Crippen molar-refractivity contribution in [3.05, 3.63) is 88.0 Å². The van der Waals surface area contributed by atoms with E-state index in [0.717, 1.165) is 30.4 Å². The zero-order valence-electron chi connectivity index (χ0n) is 15.5. The van der Waals surface area contributed by atoms with Crippen molar-refractivity contribution >= 4 is 17.5 Å². The van der Waals surface area contributed by atoms with Gasteiger partial charge in [0.1, 0.15) is 0 Å². The number of nitrogens with one attached hydrogen (secondary N) is 2. The van der Waals surface area contributed by atoms with Crippen molar-refractivity contribution in [2.24, 2.45) is 0 Å². The number of nitro benzene ring substituents is 1. The number of rotatable bonds is 10. The van der Waals surface area contributed by atoms with Crippen molar-refractivity contribution in [1.29, 1.82) is 0 Å². The largest absolute Gasteiger partial charge is 0.352 e. The summed E-state index contributed by atoms with van der Waals surface area (Å²) in [6.07, 6.45) is 3.62. The van der Waals surface area contributed by atoms with E-state index in [0.29, 0.717) is 12.1 Å². The van der Waals surface area contributed by atoms with Crippen molar-refractivity contribution in [3.8, 4) is 0 Å². The normalized spacial score (nSPS) is 10.1. The molecule has 2 rings (SSSR count). The number of benzene rings is 2. The standard InChI is InChI=1S/C21H23N3O4/c1-2-20(25)23-15-17-8-3-4-9-19(17)21(26)22-14-6-5-7-16-10-12-18(13-11-16)24(27)28/h2-4,8-13H,1,5-7,14-15H2,(H,22,26)(H,23,25). The fraction of sp³-hybridized carbons (Fsp3) is 0.238. The zero-order valence-corrected chi connectivity index (χ0v) is 15.5. The Morgan fingerprint density at radius 1 is 1.04 bits per heavy atom. The van der Waals surface area contributed by atoms with E-state index in [1.54, 1.807) is 30.3 Å². The van der Waals surface area contributed by atoms with Gasteiger partial charge in [0, 0.05) is 30.8 Å². The number of carbonyl (C=O) groups excluding carboxylic acids is 2. The molecule has 2 amide bonds. The van der Waals surface area contributed by atoms with Crippen LogP contribution < -0.4 is 10.6 Å². The number of hydrogen-bond donors (Lipinski definition) is 2. The van der Waals surface area contributed by atoms with Gasteiger partial charge in [0.2, 0.25) is 5.91 Å². The van der Waals surface area contributed by atoms with E-state index in [2.05, 4.69) is 17.2 Å². The van der Waals surface area contributed by atoms with Crippen molar-refractivity contribution in [3.63, 3.8) is 0 Å². The molecule has 0 radical (unpaired) electrons. The molecule has 0 aliphatic heterocycles. The summed E-state index contributed by atoms with van der Waals surface area (Å²) in [4.78, 5) is 34.0. The zero-order chi connectivity index (χ0) is 20.4. The molecule has 0 aromatic heterocycles. The van der Waals surface area contributed by atoms with Gasteiger partial charge in [-0.3, -0.25) is 19.7 Å². The van der Waals surface area contributed by atoms with E-state index in [9.17, 15) is 19.7 Å². The minimum absolute atomic E-state index is 0.0824. The molecule has 0 saturated heterocycles. The molecule has 0 aliphatic rings. The lowest BCUT2D eigenvalue weighted by Crippen LogP contribution is -2.27. The van der Waals surface area contributed by atoms with Crippen LogP contribution in [-0.4, -0.2) is 23.3 Å². The quantitative estimate of drug-likeness (QED) is 0.286. The average molecular weight is 381 g/mol. The van der Waals surface area contributed by atoms with E-state index < -0.39 is 4.92 Å². The van der Waals surface area contributed by atoms with Crippen LogP contribution in [0.1, 0.15) is 34.3 Å². The minimum Gasteiger partial charge on any atom is -0.352 e. The smallest absolute Gasteiger partial charge is 0.269 e. The number of nitro groups is 1. The maximum atomic E-state index is 12.4. The lowest BCUT2D eigenvalue weighted by molar-refractivity contribution is -0.384. The Morgan fingerprint density at radius 3 is 2.43 bits per heavy atom. The highest BCUT2D eigenvalue weighted by atomic mass is 16.6. The Bertz CT molecular complexity index is 847. The van der Waals surface area contributed by atoms with E-state index >= 15 is 0 Å². The van der Waals surface area contributed by atoms with E-state index in [-0.39, 0.29) is 24.0 Å². The molecule has 28 heavy (non-hydrogen) atoms. The number of non-ortho nitro benzene ring substituents is 1. The highest BCUT2D eigenvalue weighted by Crippen LogP contribution is 2.13. The Labute approximate surface area is 163 Å².